The first-order valence-corrected chi connectivity index (χ1v) is 19.9. The zero-order valence-electron chi connectivity index (χ0n) is 33.5. The fourth-order valence-corrected chi connectivity index (χ4v) is 8.09. The molecule has 8 nitrogen and oxygen atoms in total. The molecular weight excluding hydrogens is 730 g/mol. The van der Waals surface area contributed by atoms with Gasteiger partial charge in [0.15, 0.2) is 11.3 Å². The van der Waals surface area contributed by atoms with Gasteiger partial charge in [0.05, 0.1) is 11.4 Å². The maximum atomic E-state index is 14.6. The normalized spacial score (nSPS) is 11.8. The molecule has 0 fully saturated rings. The molecule has 0 atom stereocenters. The highest BCUT2D eigenvalue weighted by atomic mass is 35.5. The first-order chi connectivity index (χ1) is 27.4. The Kier molecular flexibility index (Phi) is 11.4. The predicted molar refractivity (Wildman–Crippen MR) is 230 cm³/mol. The van der Waals surface area contributed by atoms with Crippen molar-refractivity contribution in [2.75, 3.05) is 49.1 Å². The van der Waals surface area contributed by atoms with E-state index in [4.69, 9.17) is 18.8 Å². The van der Waals surface area contributed by atoms with E-state index in [1.165, 1.54) is 0 Å². The Balaban J connectivity index is 0.00000496. The van der Waals surface area contributed by atoms with E-state index in [2.05, 4.69) is 98.4 Å². The van der Waals surface area contributed by atoms with Crippen molar-refractivity contribution < 1.29 is 26.0 Å². The van der Waals surface area contributed by atoms with E-state index in [1.807, 2.05) is 66.7 Å². The van der Waals surface area contributed by atoms with Crippen molar-refractivity contribution >= 4 is 50.1 Å². The summed E-state index contributed by atoms with van der Waals surface area (Å²) in [6.07, 6.45) is 0. The van der Waals surface area contributed by atoms with Crippen LogP contribution in [0.15, 0.2) is 123 Å². The minimum atomic E-state index is -0.343. The van der Waals surface area contributed by atoms with Gasteiger partial charge in [-0.05, 0) is 83.5 Å². The third kappa shape index (κ3) is 7.15. The Morgan fingerprint density at radius 1 is 0.632 bits per heavy atom. The molecule has 4 aliphatic rings. The second kappa shape index (κ2) is 16.6. The molecule has 2 aliphatic heterocycles. The molecule has 0 unspecified atom stereocenters. The van der Waals surface area contributed by atoms with Crippen molar-refractivity contribution in [3.8, 4) is 33.9 Å². The Bertz CT molecular complexity index is 2830. The molecule has 57 heavy (non-hydrogen) atoms. The van der Waals surface area contributed by atoms with Crippen LogP contribution in [0.25, 0.3) is 66.7 Å². The van der Waals surface area contributed by atoms with Gasteiger partial charge in [0, 0.05) is 94.7 Å². The van der Waals surface area contributed by atoms with Crippen LogP contribution in [-0.2, 0) is 0 Å². The van der Waals surface area contributed by atoms with Gasteiger partial charge in [0.1, 0.15) is 35.6 Å². The van der Waals surface area contributed by atoms with Crippen molar-refractivity contribution in [1.29, 1.82) is 0 Å². The van der Waals surface area contributed by atoms with Gasteiger partial charge in [-0.15, -0.1) is 0 Å². The van der Waals surface area contributed by atoms with Gasteiger partial charge in [-0.25, -0.2) is 14.6 Å². The highest BCUT2D eigenvalue weighted by Gasteiger charge is 2.24. The maximum absolute atomic E-state index is 14.6. The molecule has 9 heteroatoms. The van der Waals surface area contributed by atoms with Crippen LogP contribution in [0.4, 0.5) is 11.4 Å². The third-order valence-electron chi connectivity index (χ3n) is 11.1. The molecule has 0 saturated heterocycles. The molecule has 4 aromatic carbocycles. The van der Waals surface area contributed by atoms with Gasteiger partial charge >= 0.3 is 0 Å². The average molecular weight is 778 g/mol. The summed E-state index contributed by atoms with van der Waals surface area (Å²) in [6.45, 7) is 18.2. The van der Waals surface area contributed by atoms with E-state index in [-0.39, 0.29) is 18.3 Å². The number of carbonyl (C=O) groups excluding carboxylic acids is 1. The van der Waals surface area contributed by atoms with Crippen LogP contribution in [0.2, 0.25) is 0 Å². The van der Waals surface area contributed by atoms with Crippen molar-refractivity contribution in [3.63, 3.8) is 0 Å². The highest BCUT2D eigenvalue weighted by Crippen LogP contribution is 2.42. The van der Waals surface area contributed by atoms with Gasteiger partial charge in [0.25, 0.3) is 5.91 Å². The van der Waals surface area contributed by atoms with E-state index in [1.54, 1.807) is 0 Å². The SMILES string of the molecule is CCN(CC)c1ccc2nc3c4ccccc4/c(=N/C(=O)c4ccccc4-c4c5ccc(=[N+](CC)CC)cc-5oc5cc(N(CC)CC)ccc45)cc-3oc2c1.[Cl-]. The summed E-state index contributed by atoms with van der Waals surface area (Å²) in [7, 11) is 0. The number of hydrogen-bond acceptors (Lipinski definition) is 6. The maximum Gasteiger partial charge on any atom is 0.278 e. The molecule has 0 bridgehead atoms. The number of aromatic nitrogens is 1. The molecule has 0 N–H and O–H groups in total. The molecule has 0 spiro atoms. The Labute approximate surface area is 339 Å². The summed E-state index contributed by atoms with van der Waals surface area (Å²) in [5.74, 6) is 0.991. The number of carbonyl (C=O) groups is 1. The molecule has 0 aromatic heterocycles. The molecule has 2 heterocycles. The average Bonchev–Trinajstić information content (AvgIpc) is 3.23. The molecule has 0 saturated carbocycles. The number of benzene rings is 6. The second-order valence-corrected chi connectivity index (χ2v) is 14.0. The quantitative estimate of drug-likeness (QED) is 0.0860. The smallest absolute Gasteiger partial charge is 0.278 e. The predicted octanol–water partition coefficient (Wildman–Crippen LogP) is 6.85. The Hall–Kier alpha value is -5.99. The van der Waals surface area contributed by atoms with Crippen LogP contribution in [0.3, 0.4) is 0 Å². The summed E-state index contributed by atoms with van der Waals surface area (Å²) in [4.78, 5) is 29.1. The molecule has 1 amide bonds. The van der Waals surface area contributed by atoms with Gasteiger partial charge in [-0.3, -0.25) is 4.79 Å². The Morgan fingerprint density at radius 2 is 1.26 bits per heavy atom. The lowest BCUT2D eigenvalue weighted by molar-refractivity contribution is -0.0000202. The van der Waals surface area contributed by atoms with Crippen molar-refractivity contribution in [1.82, 2.24) is 9.56 Å². The van der Waals surface area contributed by atoms with Crippen LogP contribution in [0, 0.1) is 0 Å². The molecule has 0 radical (unpaired) electrons. The summed E-state index contributed by atoms with van der Waals surface area (Å²) >= 11 is 0. The number of hydrogen-bond donors (Lipinski definition) is 0. The van der Waals surface area contributed by atoms with E-state index in [0.29, 0.717) is 22.3 Å². The number of anilines is 2. The minimum Gasteiger partial charge on any atom is -1.00 e. The lowest BCUT2D eigenvalue weighted by Crippen LogP contribution is -3.00. The van der Waals surface area contributed by atoms with E-state index in [0.717, 1.165) is 111 Å². The number of nitrogens with zero attached hydrogens (tertiary/aromatic N) is 5. The largest absolute Gasteiger partial charge is 1.00 e. The van der Waals surface area contributed by atoms with Crippen molar-refractivity contribution in [2.24, 2.45) is 4.99 Å². The zero-order chi connectivity index (χ0) is 38.9. The minimum absolute atomic E-state index is 0. The first-order valence-electron chi connectivity index (χ1n) is 19.9. The summed E-state index contributed by atoms with van der Waals surface area (Å²) in [5, 5.41) is 4.26. The van der Waals surface area contributed by atoms with Gasteiger partial charge < -0.3 is 31.0 Å². The van der Waals surface area contributed by atoms with Crippen LogP contribution >= 0.6 is 0 Å². The first kappa shape index (κ1) is 39.3. The fourth-order valence-electron chi connectivity index (χ4n) is 8.09. The van der Waals surface area contributed by atoms with Crippen LogP contribution in [-0.4, -0.2) is 50.2 Å². The van der Waals surface area contributed by atoms with Crippen molar-refractivity contribution in [2.45, 2.75) is 41.5 Å². The van der Waals surface area contributed by atoms with Gasteiger partial charge in [-0.2, -0.15) is 0 Å². The number of rotatable bonds is 10. The summed E-state index contributed by atoms with van der Waals surface area (Å²) < 4.78 is 15.6. The van der Waals surface area contributed by atoms with E-state index in [9.17, 15) is 4.79 Å². The molecule has 4 aromatic rings. The highest BCUT2D eigenvalue weighted by molar-refractivity contribution is 6.10. The molecule has 8 rings (SSSR count). The Morgan fingerprint density at radius 3 is 1.96 bits per heavy atom. The summed E-state index contributed by atoms with van der Waals surface area (Å²) in [6, 6.07) is 36.5. The van der Waals surface area contributed by atoms with Crippen LogP contribution in [0.1, 0.15) is 51.9 Å². The molecular formula is C48H48ClN5O3. The lowest BCUT2D eigenvalue weighted by atomic mass is 9.90. The van der Waals surface area contributed by atoms with Crippen LogP contribution in [0.5, 0.6) is 0 Å². The van der Waals surface area contributed by atoms with E-state index >= 15 is 0 Å². The number of halogens is 1. The number of amides is 1. The third-order valence-corrected chi connectivity index (χ3v) is 11.1. The molecule has 2 aliphatic carbocycles. The second-order valence-electron chi connectivity index (χ2n) is 14.0. The van der Waals surface area contributed by atoms with Crippen molar-refractivity contribution in [3.05, 3.63) is 125 Å². The van der Waals surface area contributed by atoms with Gasteiger partial charge in [-0.1, -0.05) is 42.5 Å². The lowest BCUT2D eigenvalue weighted by Gasteiger charge is -2.22. The zero-order valence-corrected chi connectivity index (χ0v) is 34.2. The topological polar surface area (TPSA) is 78.1 Å². The monoisotopic (exact) mass is 777 g/mol. The number of fused-ring (bicyclic) bond motifs is 6. The molecule has 290 valence electrons. The summed E-state index contributed by atoms with van der Waals surface area (Å²) in [5.41, 5.74) is 8.29. The van der Waals surface area contributed by atoms with E-state index < -0.39 is 0 Å². The van der Waals surface area contributed by atoms with Gasteiger partial charge in [0.2, 0.25) is 5.36 Å². The standard InChI is InChI=1S/C48H48N5O3.ClH/c1-7-51(8-2)31-21-24-38-42(27-31)55-43-28-32(52(9-3)10-4)22-25-39(43)46(38)35-18-14-16-20-37(35)48(54)50-41-30-45-47(36-19-15-13-17-34(36)41)49-40-26-23-33(29-44(40)56-45)53(11-5)12-6;/h13-30H,7-12H2,1-6H3;1H/q+1;/p-1/b50-41+;. The van der Waals surface area contributed by atoms with Crippen LogP contribution < -0.4 is 37.5 Å². The fraction of sp³-hybridized carbons (Fsp3) is 0.250.